The molecular weight excluding hydrogens is 154 g/mol. The summed E-state index contributed by atoms with van der Waals surface area (Å²) in [5.74, 6) is 0.229. The van der Waals surface area contributed by atoms with Crippen LogP contribution in [0.2, 0.25) is 0 Å². The minimum absolute atomic E-state index is 0.229. The van der Waals surface area contributed by atoms with Crippen molar-refractivity contribution in [2.75, 3.05) is 12.9 Å². The van der Waals surface area contributed by atoms with Crippen molar-refractivity contribution in [1.29, 1.82) is 0 Å². The molecule has 1 rings (SSSR count). The van der Waals surface area contributed by atoms with Crippen LogP contribution in [0.1, 0.15) is 12.8 Å². The van der Waals surface area contributed by atoms with Crippen molar-refractivity contribution >= 4 is 10.0 Å². The van der Waals surface area contributed by atoms with Crippen molar-refractivity contribution in [3.63, 3.8) is 0 Å². The summed E-state index contributed by atoms with van der Waals surface area (Å²) in [6, 6.07) is 0. The van der Waals surface area contributed by atoms with Crippen LogP contribution in [0.5, 0.6) is 0 Å². The second kappa shape index (κ2) is 2.86. The summed E-state index contributed by atoms with van der Waals surface area (Å²) in [5, 5.41) is 0. The van der Waals surface area contributed by atoms with Crippen LogP contribution < -0.4 is 4.72 Å². The molecule has 1 atom stereocenters. The fourth-order valence-corrected chi connectivity index (χ4v) is 2.22. The van der Waals surface area contributed by atoms with Gasteiger partial charge in [0.1, 0.15) is 6.23 Å². The van der Waals surface area contributed by atoms with Crippen molar-refractivity contribution in [3.05, 3.63) is 0 Å². The molecule has 1 fully saturated rings. The van der Waals surface area contributed by atoms with E-state index < -0.39 is 10.0 Å². The third-order valence-electron chi connectivity index (χ3n) is 1.47. The number of ether oxygens (including phenoxy) is 1. The van der Waals surface area contributed by atoms with Crippen LogP contribution in [0.15, 0.2) is 0 Å². The largest absolute Gasteiger partial charge is 0.366 e. The zero-order valence-electron chi connectivity index (χ0n) is 5.83. The Morgan fingerprint density at radius 2 is 2.30 bits per heavy atom. The van der Waals surface area contributed by atoms with Gasteiger partial charge in [-0.25, -0.2) is 8.42 Å². The zero-order chi connectivity index (χ0) is 7.61. The highest BCUT2D eigenvalue weighted by molar-refractivity contribution is 7.89. The molecule has 4 nitrogen and oxygen atoms in total. The smallest absolute Gasteiger partial charge is 0.213 e. The molecule has 1 aliphatic heterocycles. The van der Waals surface area contributed by atoms with E-state index in [-0.39, 0.29) is 12.0 Å². The first kappa shape index (κ1) is 7.97. The van der Waals surface area contributed by atoms with Gasteiger partial charge in [0.05, 0.1) is 5.75 Å². The summed E-state index contributed by atoms with van der Waals surface area (Å²) < 4.78 is 28.9. The molecule has 10 heavy (non-hydrogen) atoms. The van der Waals surface area contributed by atoms with E-state index in [0.29, 0.717) is 6.42 Å². The number of nitrogens with one attached hydrogen (secondary N) is 1. The Hall–Kier alpha value is -0.130. The van der Waals surface area contributed by atoms with Gasteiger partial charge in [-0.1, -0.05) is 0 Å². The number of hydrogen-bond donors (Lipinski definition) is 1. The summed E-state index contributed by atoms with van der Waals surface area (Å²) >= 11 is 0. The Morgan fingerprint density at radius 3 is 2.70 bits per heavy atom. The Kier molecular flexibility index (Phi) is 2.28. The Labute approximate surface area is 60.6 Å². The van der Waals surface area contributed by atoms with Crippen LogP contribution >= 0.6 is 0 Å². The molecule has 1 N–H and O–H groups in total. The topological polar surface area (TPSA) is 55.4 Å². The fourth-order valence-electron chi connectivity index (χ4n) is 0.943. The van der Waals surface area contributed by atoms with E-state index >= 15 is 0 Å². The van der Waals surface area contributed by atoms with Gasteiger partial charge < -0.3 is 4.74 Å². The second-order valence-electron chi connectivity index (χ2n) is 2.30. The Balaban J connectivity index is 2.56. The molecule has 0 aromatic carbocycles. The van der Waals surface area contributed by atoms with Gasteiger partial charge in [0, 0.05) is 7.11 Å². The lowest BCUT2D eigenvalue weighted by Crippen LogP contribution is -2.41. The molecule has 0 aromatic heterocycles. The van der Waals surface area contributed by atoms with Gasteiger partial charge in [0.2, 0.25) is 10.0 Å². The molecular formula is C5H11NO3S. The van der Waals surface area contributed by atoms with E-state index in [2.05, 4.69) is 4.72 Å². The number of hydrogen-bond acceptors (Lipinski definition) is 3. The first-order valence-electron chi connectivity index (χ1n) is 3.17. The van der Waals surface area contributed by atoms with Crippen molar-refractivity contribution in [1.82, 2.24) is 4.72 Å². The normalized spacial score (nSPS) is 31.9. The molecule has 1 heterocycles. The highest BCUT2D eigenvalue weighted by Crippen LogP contribution is 2.08. The second-order valence-corrected chi connectivity index (χ2v) is 4.18. The molecule has 1 saturated heterocycles. The fraction of sp³-hybridized carbons (Fsp3) is 1.00. The van der Waals surface area contributed by atoms with Crippen molar-refractivity contribution < 1.29 is 13.2 Å². The molecule has 0 spiro atoms. The van der Waals surface area contributed by atoms with Gasteiger partial charge in [-0.2, -0.15) is 4.72 Å². The van der Waals surface area contributed by atoms with E-state index in [1.54, 1.807) is 0 Å². The molecule has 5 heteroatoms. The standard InChI is InChI=1S/C5H11NO3S/c1-9-5-3-2-4-10(7,8)6-5/h5-6H,2-4H2,1H3. The number of sulfonamides is 1. The van der Waals surface area contributed by atoms with Crippen LogP contribution in [0.4, 0.5) is 0 Å². The summed E-state index contributed by atoms with van der Waals surface area (Å²) in [5.41, 5.74) is 0. The van der Waals surface area contributed by atoms with E-state index in [4.69, 9.17) is 4.74 Å². The molecule has 1 unspecified atom stereocenters. The van der Waals surface area contributed by atoms with Crippen molar-refractivity contribution in [2.24, 2.45) is 0 Å². The van der Waals surface area contributed by atoms with E-state index in [0.717, 1.165) is 6.42 Å². The van der Waals surface area contributed by atoms with Gasteiger partial charge in [0.15, 0.2) is 0 Å². The summed E-state index contributed by atoms with van der Waals surface area (Å²) in [6.07, 6.45) is 1.16. The number of rotatable bonds is 1. The van der Waals surface area contributed by atoms with Crippen LogP contribution in [0.25, 0.3) is 0 Å². The highest BCUT2D eigenvalue weighted by Gasteiger charge is 2.22. The minimum Gasteiger partial charge on any atom is -0.366 e. The third-order valence-corrected chi connectivity index (χ3v) is 2.92. The molecule has 60 valence electrons. The molecule has 0 amide bonds. The lowest BCUT2D eigenvalue weighted by atomic mass is 10.3. The molecule has 1 aliphatic rings. The van der Waals surface area contributed by atoms with E-state index in [9.17, 15) is 8.42 Å². The molecule has 0 aromatic rings. The van der Waals surface area contributed by atoms with Crippen LogP contribution in [-0.2, 0) is 14.8 Å². The van der Waals surface area contributed by atoms with Crippen LogP contribution in [-0.4, -0.2) is 27.5 Å². The quantitative estimate of drug-likeness (QED) is 0.579. The summed E-state index contributed by atoms with van der Waals surface area (Å²) in [7, 11) is -1.52. The Morgan fingerprint density at radius 1 is 1.60 bits per heavy atom. The van der Waals surface area contributed by atoms with Gasteiger partial charge >= 0.3 is 0 Å². The van der Waals surface area contributed by atoms with Crippen LogP contribution in [0, 0.1) is 0 Å². The van der Waals surface area contributed by atoms with Gasteiger partial charge in [-0.3, -0.25) is 0 Å². The first-order valence-corrected chi connectivity index (χ1v) is 4.82. The lowest BCUT2D eigenvalue weighted by Gasteiger charge is -2.21. The molecule has 0 bridgehead atoms. The zero-order valence-corrected chi connectivity index (χ0v) is 6.65. The maximum Gasteiger partial charge on any atom is 0.213 e. The monoisotopic (exact) mass is 165 g/mol. The maximum atomic E-state index is 10.8. The summed E-state index contributed by atoms with van der Waals surface area (Å²) in [4.78, 5) is 0. The van der Waals surface area contributed by atoms with Gasteiger partial charge in [-0.05, 0) is 12.8 Å². The van der Waals surface area contributed by atoms with Crippen molar-refractivity contribution in [3.8, 4) is 0 Å². The average Bonchev–Trinajstić information content (AvgIpc) is 1.86. The number of methoxy groups -OCH3 is 1. The minimum atomic E-state index is -3.02. The van der Waals surface area contributed by atoms with Gasteiger partial charge in [0.25, 0.3) is 0 Å². The van der Waals surface area contributed by atoms with Gasteiger partial charge in [-0.15, -0.1) is 0 Å². The molecule has 0 radical (unpaired) electrons. The lowest BCUT2D eigenvalue weighted by molar-refractivity contribution is 0.0820. The maximum absolute atomic E-state index is 10.8. The predicted molar refractivity (Wildman–Crippen MR) is 37.0 cm³/mol. The summed E-state index contributed by atoms with van der Waals surface area (Å²) in [6.45, 7) is 0. The van der Waals surface area contributed by atoms with E-state index in [1.807, 2.05) is 0 Å². The van der Waals surface area contributed by atoms with E-state index in [1.165, 1.54) is 7.11 Å². The van der Waals surface area contributed by atoms with Crippen LogP contribution in [0.3, 0.4) is 0 Å². The molecule has 0 saturated carbocycles. The van der Waals surface area contributed by atoms with Crippen molar-refractivity contribution in [2.45, 2.75) is 19.1 Å². The highest BCUT2D eigenvalue weighted by atomic mass is 32.2. The third kappa shape index (κ3) is 1.93. The SMILES string of the molecule is COC1CCCS(=O)(=O)N1. The molecule has 0 aliphatic carbocycles. The Bertz CT molecular complexity index is 199. The average molecular weight is 165 g/mol. The predicted octanol–water partition coefficient (Wildman–Crippen LogP) is -0.328. The first-order chi connectivity index (χ1) is 4.64.